The molecule has 1 saturated heterocycles. The van der Waals surface area contributed by atoms with E-state index in [-0.39, 0.29) is 24.5 Å². The number of hydrogen-bond donors (Lipinski definition) is 1. The summed E-state index contributed by atoms with van der Waals surface area (Å²) in [7, 11) is 1.33. The largest absolute Gasteiger partial charge is 0.468 e. The summed E-state index contributed by atoms with van der Waals surface area (Å²) in [5.74, 6) is -0.353. The van der Waals surface area contributed by atoms with Crippen molar-refractivity contribution in [3.8, 4) is 0 Å². The van der Waals surface area contributed by atoms with Crippen LogP contribution >= 0.6 is 0 Å². The Kier molecular flexibility index (Phi) is 4.55. The van der Waals surface area contributed by atoms with E-state index in [1.165, 1.54) is 7.11 Å². The van der Waals surface area contributed by atoms with Gasteiger partial charge in [-0.3, -0.25) is 9.59 Å². The molecular formula is C10H18N2O3. The van der Waals surface area contributed by atoms with Gasteiger partial charge in [-0.1, -0.05) is 6.92 Å². The first-order chi connectivity index (χ1) is 7.19. The van der Waals surface area contributed by atoms with Crippen molar-refractivity contribution in [1.82, 2.24) is 10.2 Å². The Labute approximate surface area is 89.8 Å². The monoisotopic (exact) mass is 214 g/mol. The van der Waals surface area contributed by atoms with Crippen molar-refractivity contribution >= 4 is 11.9 Å². The molecular weight excluding hydrogens is 196 g/mol. The molecule has 0 aromatic rings. The van der Waals surface area contributed by atoms with Crippen LogP contribution in [-0.2, 0) is 14.3 Å². The van der Waals surface area contributed by atoms with Crippen LogP contribution in [0.15, 0.2) is 0 Å². The Morgan fingerprint density at radius 1 is 1.67 bits per heavy atom. The highest BCUT2D eigenvalue weighted by molar-refractivity contribution is 5.86. The molecule has 15 heavy (non-hydrogen) atoms. The minimum absolute atomic E-state index is 0.00787. The number of carbonyl (C=O) groups is 2. The van der Waals surface area contributed by atoms with Crippen molar-refractivity contribution in [2.75, 3.05) is 26.7 Å². The van der Waals surface area contributed by atoms with Gasteiger partial charge >= 0.3 is 5.97 Å². The second-order valence-electron chi connectivity index (χ2n) is 3.59. The first-order valence-electron chi connectivity index (χ1n) is 5.28. The minimum atomic E-state index is -0.361. The fourth-order valence-corrected chi connectivity index (χ4v) is 1.75. The van der Waals surface area contributed by atoms with Crippen molar-refractivity contribution in [1.29, 1.82) is 0 Å². The Bertz CT molecular complexity index is 241. The molecule has 1 N–H and O–H groups in total. The predicted molar refractivity (Wildman–Crippen MR) is 55.3 cm³/mol. The standard InChI is InChI=1S/C10H18N2O3/c1-3-11-8-5-4-6-12(10(8)14)7-9(13)15-2/h8,11H,3-7H2,1-2H3. The zero-order valence-electron chi connectivity index (χ0n) is 9.28. The van der Waals surface area contributed by atoms with Crippen LogP contribution in [0.3, 0.4) is 0 Å². The molecule has 5 nitrogen and oxygen atoms in total. The maximum Gasteiger partial charge on any atom is 0.325 e. The predicted octanol–water partition coefficient (Wildman–Crippen LogP) is -0.240. The molecule has 0 spiro atoms. The van der Waals surface area contributed by atoms with Gasteiger partial charge < -0.3 is 15.0 Å². The SMILES string of the molecule is CCNC1CCCN(CC(=O)OC)C1=O. The molecule has 86 valence electrons. The molecule has 1 fully saturated rings. The first-order valence-corrected chi connectivity index (χ1v) is 5.28. The van der Waals surface area contributed by atoms with E-state index in [0.717, 1.165) is 19.4 Å². The van der Waals surface area contributed by atoms with Gasteiger partial charge in [0.05, 0.1) is 13.2 Å². The van der Waals surface area contributed by atoms with Crippen LogP contribution in [-0.4, -0.2) is 49.6 Å². The number of amides is 1. The third kappa shape index (κ3) is 3.20. The smallest absolute Gasteiger partial charge is 0.325 e. The van der Waals surface area contributed by atoms with Crippen molar-refractivity contribution in [2.45, 2.75) is 25.8 Å². The van der Waals surface area contributed by atoms with Crippen LogP contribution in [0, 0.1) is 0 Å². The number of nitrogens with one attached hydrogen (secondary N) is 1. The van der Waals surface area contributed by atoms with E-state index in [9.17, 15) is 9.59 Å². The van der Waals surface area contributed by atoms with Crippen molar-refractivity contribution in [2.24, 2.45) is 0 Å². The van der Waals surface area contributed by atoms with Gasteiger partial charge in [0.1, 0.15) is 6.54 Å². The molecule has 1 amide bonds. The second kappa shape index (κ2) is 5.70. The van der Waals surface area contributed by atoms with Crippen LogP contribution in [0.25, 0.3) is 0 Å². The van der Waals surface area contributed by atoms with Gasteiger partial charge in [0.15, 0.2) is 0 Å². The number of esters is 1. The van der Waals surface area contributed by atoms with Crippen molar-refractivity contribution in [3.05, 3.63) is 0 Å². The molecule has 0 radical (unpaired) electrons. The lowest BCUT2D eigenvalue weighted by molar-refractivity contribution is -0.149. The van der Waals surface area contributed by atoms with Crippen LogP contribution in [0.4, 0.5) is 0 Å². The van der Waals surface area contributed by atoms with E-state index in [1.54, 1.807) is 4.90 Å². The summed E-state index contributed by atoms with van der Waals surface area (Å²) in [4.78, 5) is 24.4. The Balaban J connectivity index is 2.50. The molecule has 0 aliphatic carbocycles. The number of likely N-dealkylation sites (N-methyl/N-ethyl adjacent to an activating group) is 1. The van der Waals surface area contributed by atoms with Gasteiger partial charge in [0.2, 0.25) is 5.91 Å². The van der Waals surface area contributed by atoms with Gasteiger partial charge in [-0.15, -0.1) is 0 Å². The highest BCUT2D eigenvalue weighted by Crippen LogP contribution is 2.11. The lowest BCUT2D eigenvalue weighted by Crippen LogP contribution is -2.52. The number of ether oxygens (including phenoxy) is 1. The average Bonchev–Trinajstić information content (AvgIpc) is 2.24. The van der Waals surface area contributed by atoms with Crippen molar-refractivity contribution in [3.63, 3.8) is 0 Å². The van der Waals surface area contributed by atoms with Crippen LogP contribution < -0.4 is 5.32 Å². The highest BCUT2D eigenvalue weighted by atomic mass is 16.5. The minimum Gasteiger partial charge on any atom is -0.468 e. The summed E-state index contributed by atoms with van der Waals surface area (Å²) in [5, 5.41) is 3.11. The van der Waals surface area contributed by atoms with E-state index < -0.39 is 0 Å². The van der Waals surface area contributed by atoms with Gasteiger partial charge in [-0.05, 0) is 19.4 Å². The maximum atomic E-state index is 11.8. The van der Waals surface area contributed by atoms with Crippen LogP contribution in [0.5, 0.6) is 0 Å². The van der Waals surface area contributed by atoms with E-state index in [2.05, 4.69) is 10.1 Å². The Morgan fingerprint density at radius 2 is 2.40 bits per heavy atom. The average molecular weight is 214 g/mol. The number of hydrogen-bond acceptors (Lipinski definition) is 4. The summed E-state index contributed by atoms with van der Waals surface area (Å²) in [5.41, 5.74) is 0. The molecule has 5 heteroatoms. The quantitative estimate of drug-likeness (QED) is 0.656. The lowest BCUT2D eigenvalue weighted by atomic mass is 10.0. The molecule has 1 aliphatic rings. The zero-order chi connectivity index (χ0) is 11.3. The molecule has 1 unspecified atom stereocenters. The molecule has 1 rings (SSSR count). The highest BCUT2D eigenvalue weighted by Gasteiger charge is 2.29. The van der Waals surface area contributed by atoms with E-state index >= 15 is 0 Å². The number of methoxy groups -OCH3 is 1. The molecule has 1 aliphatic heterocycles. The summed E-state index contributed by atoms with van der Waals surface area (Å²) < 4.78 is 4.54. The normalized spacial score (nSPS) is 21.6. The lowest BCUT2D eigenvalue weighted by Gasteiger charge is -2.31. The number of likely N-dealkylation sites (tertiary alicyclic amines) is 1. The fourth-order valence-electron chi connectivity index (χ4n) is 1.75. The Hall–Kier alpha value is -1.10. The Morgan fingerprint density at radius 3 is 3.00 bits per heavy atom. The number of rotatable bonds is 4. The van der Waals surface area contributed by atoms with E-state index in [1.807, 2.05) is 6.92 Å². The third-order valence-corrected chi connectivity index (χ3v) is 2.53. The second-order valence-corrected chi connectivity index (χ2v) is 3.59. The van der Waals surface area contributed by atoms with Crippen molar-refractivity contribution < 1.29 is 14.3 Å². The van der Waals surface area contributed by atoms with E-state index in [4.69, 9.17) is 0 Å². The van der Waals surface area contributed by atoms with Crippen LogP contribution in [0.2, 0.25) is 0 Å². The van der Waals surface area contributed by atoms with Gasteiger partial charge in [0.25, 0.3) is 0 Å². The van der Waals surface area contributed by atoms with E-state index in [0.29, 0.717) is 6.54 Å². The molecule has 0 saturated carbocycles. The maximum absolute atomic E-state index is 11.8. The molecule has 0 bridgehead atoms. The first kappa shape index (κ1) is 12.0. The fraction of sp³-hybridized carbons (Fsp3) is 0.800. The van der Waals surface area contributed by atoms with Crippen LogP contribution in [0.1, 0.15) is 19.8 Å². The summed E-state index contributed by atoms with van der Waals surface area (Å²) >= 11 is 0. The zero-order valence-corrected chi connectivity index (χ0v) is 9.28. The molecule has 0 aromatic carbocycles. The summed E-state index contributed by atoms with van der Waals surface area (Å²) in [6.45, 7) is 3.45. The number of nitrogens with zero attached hydrogens (tertiary/aromatic N) is 1. The molecule has 0 aromatic heterocycles. The van der Waals surface area contributed by atoms with Gasteiger partial charge in [-0.25, -0.2) is 0 Å². The third-order valence-electron chi connectivity index (χ3n) is 2.53. The van der Waals surface area contributed by atoms with Gasteiger partial charge in [0, 0.05) is 6.54 Å². The topological polar surface area (TPSA) is 58.6 Å². The summed E-state index contributed by atoms with van der Waals surface area (Å²) in [6, 6.07) is -0.131. The molecule has 1 heterocycles. The molecule has 1 atom stereocenters. The van der Waals surface area contributed by atoms with Gasteiger partial charge in [-0.2, -0.15) is 0 Å². The number of carbonyl (C=O) groups excluding carboxylic acids is 2. The summed E-state index contributed by atoms with van der Waals surface area (Å²) in [6.07, 6.45) is 1.78. The number of piperidine rings is 1.